The van der Waals surface area contributed by atoms with Crippen LogP contribution in [0.4, 0.5) is 5.69 Å². The molecule has 1 atom stereocenters. The number of anilines is 1. The van der Waals surface area contributed by atoms with Gasteiger partial charge in [-0.15, -0.1) is 0 Å². The first-order chi connectivity index (χ1) is 6.20. The molecule has 0 saturated carbocycles. The highest BCUT2D eigenvalue weighted by molar-refractivity contribution is 9.09. The van der Waals surface area contributed by atoms with Gasteiger partial charge in [-0.05, 0) is 18.6 Å². The van der Waals surface area contributed by atoms with Crippen LogP contribution in [0, 0.1) is 0 Å². The van der Waals surface area contributed by atoms with E-state index < -0.39 is 0 Å². The lowest BCUT2D eigenvalue weighted by molar-refractivity contribution is 0.787. The molecule has 0 N–H and O–H groups in total. The maximum Gasteiger partial charge on any atom is 0.0363 e. The number of hydrogen-bond donors (Lipinski definition) is 0. The Balaban J connectivity index is 2.44. The fraction of sp³-hybridized carbons (Fsp3) is 0.455. The topological polar surface area (TPSA) is 3.24 Å². The fourth-order valence-electron chi connectivity index (χ4n) is 1.18. The minimum atomic E-state index is 0.596. The molecule has 0 aliphatic rings. The fourth-order valence-corrected chi connectivity index (χ4v) is 1.39. The van der Waals surface area contributed by atoms with E-state index in [2.05, 4.69) is 59.1 Å². The number of para-hydroxylation sites is 1. The van der Waals surface area contributed by atoms with Crippen molar-refractivity contribution in [2.45, 2.75) is 18.2 Å². The Morgan fingerprint density at radius 1 is 1.31 bits per heavy atom. The summed E-state index contributed by atoms with van der Waals surface area (Å²) in [7, 11) is 2.13. The molecule has 0 aliphatic carbocycles. The molecular formula is C11H16BrN. The van der Waals surface area contributed by atoms with E-state index in [1.807, 2.05) is 6.07 Å². The molecule has 1 unspecified atom stereocenters. The van der Waals surface area contributed by atoms with Crippen molar-refractivity contribution in [2.75, 3.05) is 18.5 Å². The van der Waals surface area contributed by atoms with Crippen LogP contribution in [-0.4, -0.2) is 18.4 Å². The van der Waals surface area contributed by atoms with Gasteiger partial charge >= 0.3 is 0 Å². The zero-order valence-corrected chi connectivity index (χ0v) is 9.79. The monoisotopic (exact) mass is 241 g/mol. The Morgan fingerprint density at radius 2 is 1.92 bits per heavy atom. The highest BCUT2D eigenvalue weighted by atomic mass is 79.9. The van der Waals surface area contributed by atoms with Gasteiger partial charge in [-0.3, -0.25) is 0 Å². The summed E-state index contributed by atoms with van der Waals surface area (Å²) in [6.45, 7) is 3.27. The van der Waals surface area contributed by atoms with Crippen molar-refractivity contribution in [3.8, 4) is 0 Å². The minimum absolute atomic E-state index is 0.596. The van der Waals surface area contributed by atoms with Gasteiger partial charge in [0.2, 0.25) is 0 Å². The van der Waals surface area contributed by atoms with Gasteiger partial charge in [0.1, 0.15) is 0 Å². The summed E-state index contributed by atoms with van der Waals surface area (Å²) in [4.78, 5) is 2.87. The van der Waals surface area contributed by atoms with Gasteiger partial charge in [0.25, 0.3) is 0 Å². The van der Waals surface area contributed by atoms with Gasteiger partial charge in [0.05, 0.1) is 0 Å². The van der Waals surface area contributed by atoms with Crippen molar-refractivity contribution in [3.63, 3.8) is 0 Å². The molecular weight excluding hydrogens is 226 g/mol. The van der Waals surface area contributed by atoms with Crippen molar-refractivity contribution >= 4 is 21.6 Å². The number of benzene rings is 1. The minimum Gasteiger partial charge on any atom is -0.375 e. The average Bonchev–Trinajstić information content (AvgIpc) is 2.15. The lowest BCUT2D eigenvalue weighted by Crippen LogP contribution is -2.20. The lowest BCUT2D eigenvalue weighted by atomic mass is 10.2. The Hall–Kier alpha value is -0.500. The van der Waals surface area contributed by atoms with E-state index in [1.165, 1.54) is 12.1 Å². The van der Waals surface area contributed by atoms with Crippen molar-refractivity contribution < 1.29 is 0 Å². The van der Waals surface area contributed by atoms with Crippen molar-refractivity contribution in [3.05, 3.63) is 30.3 Å². The summed E-state index contributed by atoms with van der Waals surface area (Å²) in [6.07, 6.45) is 1.17. The molecule has 1 nitrogen and oxygen atoms in total. The van der Waals surface area contributed by atoms with Crippen LogP contribution in [0.3, 0.4) is 0 Å². The molecule has 0 radical (unpaired) electrons. The molecule has 13 heavy (non-hydrogen) atoms. The SMILES string of the molecule is CC(Br)CCN(C)c1ccccc1. The molecule has 1 aromatic carbocycles. The smallest absolute Gasteiger partial charge is 0.0363 e. The van der Waals surface area contributed by atoms with Crippen LogP contribution >= 0.6 is 15.9 Å². The molecule has 0 spiro atoms. The Morgan fingerprint density at radius 3 is 2.46 bits per heavy atom. The quantitative estimate of drug-likeness (QED) is 0.732. The summed E-state index contributed by atoms with van der Waals surface area (Å²) in [6, 6.07) is 10.5. The molecule has 0 aromatic heterocycles. The first-order valence-electron chi connectivity index (χ1n) is 4.60. The Bertz CT molecular complexity index is 233. The summed E-state index contributed by atoms with van der Waals surface area (Å²) in [5, 5.41) is 0. The van der Waals surface area contributed by atoms with Crippen LogP contribution < -0.4 is 4.90 Å². The Labute approximate surface area is 88.9 Å². The van der Waals surface area contributed by atoms with Gasteiger partial charge in [-0.1, -0.05) is 41.1 Å². The van der Waals surface area contributed by atoms with E-state index in [0.717, 1.165) is 6.54 Å². The van der Waals surface area contributed by atoms with Gasteiger partial charge in [0.15, 0.2) is 0 Å². The average molecular weight is 242 g/mol. The maximum atomic E-state index is 3.55. The van der Waals surface area contributed by atoms with Crippen molar-refractivity contribution in [1.29, 1.82) is 0 Å². The molecule has 1 aromatic rings. The van der Waals surface area contributed by atoms with Gasteiger partial charge in [-0.25, -0.2) is 0 Å². The number of nitrogens with zero attached hydrogens (tertiary/aromatic N) is 1. The number of alkyl halides is 1. The highest BCUT2D eigenvalue weighted by Crippen LogP contribution is 2.13. The highest BCUT2D eigenvalue weighted by Gasteiger charge is 2.01. The second-order valence-corrected chi connectivity index (χ2v) is 4.89. The van der Waals surface area contributed by atoms with E-state index in [0.29, 0.717) is 4.83 Å². The van der Waals surface area contributed by atoms with Crippen LogP contribution in [0.2, 0.25) is 0 Å². The number of halogens is 1. The predicted octanol–water partition coefficient (Wildman–Crippen LogP) is 3.30. The van der Waals surface area contributed by atoms with Gasteiger partial charge in [0, 0.05) is 24.1 Å². The maximum absolute atomic E-state index is 3.55. The molecule has 2 heteroatoms. The van der Waals surface area contributed by atoms with Crippen LogP contribution in [0.25, 0.3) is 0 Å². The zero-order chi connectivity index (χ0) is 9.68. The van der Waals surface area contributed by atoms with E-state index >= 15 is 0 Å². The molecule has 0 bridgehead atoms. The van der Waals surface area contributed by atoms with E-state index in [9.17, 15) is 0 Å². The third kappa shape index (κ3) is 3.81. The molecule has 0 amide bonds. The number of hydrogen-bond acceptors (Lipinski definition) is 1. The van der Waals surface area contributed by atoms with Gasteiger partial charge in [-0.2, -0.15) is 0 Å². The first-order valence-corrected chi connectivity index (χ1v) is 5.52. The van der Waals surface area contributed by atoms with Crippen LogP contribution in [0.1, 0.15) is 13.3 Å². The second kappa shape index (κ2) is 5.28. The zero-order valence-electron chi connectivity index (χ0n) is 8.20. The molecule has 72 valence electrons. The summed E-state index contributed by atoms with van der Waals surface area (Å²) >= 11 is 3.55. The normalized spacial score (nSPS) is 12.5. The Kier molecular flexibility index (Phi) is 4.29. The summed E-state index contributed by atoms with van der Waals surface area (Å²) in [5.41, 5.74) is 1.29. The lowest BCUT2D eigenvalue weighted by Gasteiger charge is -2.19. The first kappa shape index (κ1) is 10.6. The standard InChI is InChI=1S/C11H16BrN/c1-10(12)8-9-13(2)11-6-4-3-5-7-11/h3-7,10H,8-9H2,1-2H3. The third-order valence-corrected chi connectivity index (χ3v) is 2.52. The van der Waals surface area contributed by atoms with E-state index in [4.69, 9.17) is 0 Å². The number of rotatable bonds is 4. The van der Waals surface area contributed by atoms with Crippen molar-refractivity contribution in [2.24, 2.45) is 0 Å². The van der Waals surface area contributed by atoms with Gasteiger partial charge < -0.3 is 4.90 Å². The van der Waals surface area contributed by atoms with E-state index in [-0.39, 0.29) is 0 Å². The molecule has 0 fully saturated rings. The molecule has 0 saturated heterocycles. The third-order valence-electron chi connectivity index (χ3n) is 2.06. The predicted molar refractivity (Wildman–Crippen MR) is 62.7 cm³/mol. The van der Waals surface area contributed by atoms with Crippen molar-refractivity contribution in [1.82, 2.24) is 0 Å². The second-order valence-electron chi connectivity index (χ2n) is 3.33. The molecule has 0 heterocycles. The van der Waals surface area contributed by atoms with Crippen LogP contribution in [-0.2, 0) is 0 Å². The molecule has 0 aliphatic heterocycles. The summed E-state index contributed by atoms with van der Waals surface area (Å²) < 4.78 is 0. The largest absolute Gasteiger partial charge is 0.375 e. The summed E-state index contributed by atoms with van der Waals surface area (Å²) in [5.74, 6) is 0. The van der Waals surface area contributed by atoms with Crippen LogP contribution in [0.15, 0.2) is 30.3 Å². The molecule has 1 rings (SSSR count). The van der Waals surface area contributed by atoms with Crippen LogP contribution in [0.5, 0.6) is 0 Å². The van der Waals surface area contributed by atoms with E-state index in [1.54, 1.807) is 0 Å².